The summed E-state index contributed by atoms with van der Waals surface area (Å²) in [5, 5.41) is 22.3. The van der Waals surface area contributed by atoms with E-state index in [2.05, 4.69) is 18.7 Å². The summed E-state index contributed by atoms with van der Waals surface area (Å²) in [4.78, 5) is 33.4. The van der Waals surface area contributed by atoms with Gasteiger partial charge in [0.2, 0.25) is 11.8 Å². The third kappa shape index (κ3) is 5.29. The molecule has 0 aromatic rings. The Hall–Kier alpha value is -1.18. The topological polar surface area (TPSA) is 84.3 Å². The first-order valence-electron chi connectivity index (χ1n) is 18.4. The van der Waals surface area contributed by atoms with Crippen molar-refractivity contribution >= 4 is 11.8 Å². The number of carbonyl (C=O) groups is 2. The number of hydrogen-bond donors (Lipinski definition) is 2. The van der Waals surface area contributed by atoms with Gasteiger partial charge in [-0.15, -0.1) is 0 Å². The summed E-state index contributed by atoms with van der Waals surface area (Å²) in [6, 6.07) is -0.104. The molecular formula is C36H59N3O4. The minimum Gasteiger partial charge on any atom is -0.393 e. The monoisotopic (exact) mass is 597 g/mol. The van der Waals surface area contributed by atoms with Crippen LogP contribution in [-0.4, -0.2) is 93.7 Å². The van der Waals surface area contributed by atoms with Gasteiger partial charge in [0.1, 0.15) is 6.04 Å². The van der Waals surface area contributed by atoms with Crippen molar-refractivity contribution in [3.8, 4) is 0 Å². The van der Waals surface area contributed by atoms with Crippen LogP contribution in [0.1, 0.15) is 117 Å². The summed E-state index contributed by atoms with van der Waals surface area (Å²) in [7, 11) is 0. The van der Waals surface area contributed by atoms with E-state index < -0.39 is 0 Å². The molecule has 7 aliphatic rings. The second-order valence-corrected chi connectivity index (χ2v) is 16.7. The van der Waals surface area contributed by atoms with Crippen LogP contribution in [-0.2, 0) is 9.59 Å². The van der Waals surface area contributed by atoms with E-state index in [9.17, 15) is 19.8 Å². The molecule has 2 heterocycles. The Bertz CT molecular complexity index is 1040. The number of fused-ring (bicyclic) bond motifs is 5. The lowest BCUT2D eigenvalue weighted by Crippen LogP contribution is -2.62. The van der Waals surface area contributed by atoms with Crippen molar-refractivity contribution in [1.82, 2.24) is 14.7 Å². The molecule has 2 N–H and O–H groups in total. The molecule has 2 aliphatic heterocycles. The summed E-state index contributed by atoms with van der Waals surface area (Å²) in [5.74, 6) is 3.54. The molecule has 43 heavy (non-hydrogen) atoms. The van der Waals surface area contributed by atoms with E-state index in [4.69, 9.17) is 0 Å². The average Bonchev–Trinajstić information content (AvgIpc) is 3.62. The predicted molar refractivity (Wildman–Crippen MR) is 167 cm³/mol. The molecule has 2 saturated heterocycles. The molecule has 2 amide bonds. The highest BCUT2D eigenvalue weighted by Gasteiger charge is 2.61. The Balaban J connectivity index is 0.971. The van der Waals surface area contributed by atoms with Crippen LogP contribution in [0.3, 0.4) is 0 Å². The SMILES string of the molecule is C[C@]12C[C@H](N3CCN(C(=O)[C@@H]4CCCN4C(=O)CC4CCCCC4)CC3)[C@@H](O)C[C@@H]1CC[C@@H]1[C@@H]2CC[C@]2(C)[C@@H](O)CC[C@@H]12. The van der Waals surface area contributed by atoms with E-state index in [1.165, 1.54) is 44.9 Å². The molecule has 10 atom stereocenters. The molecule has 7 nitrogen and oxygen atoms in total. The van der Waals surface area contributed by atoms with Crippen LogP contribution >= 0.6 is 0 Å². The van der Waals surface area contributed by atoms with Gasteiger partial charge in [-0.3, -0.25) is 14.5 Å². The molecule has 0 spiro atoms. The van der Waals surface area contributed by atoms with Crippen LogP contribution in [0.2, 0.25) is 0 Å². The van der Waals surface area contributed by atoms with Crippen LogP contribution < -0.4 is 0 Å². The van der Waals surface area contributed by atoms with Crippen molar-refractivity contribution in [2.45, 2.75) is 141 Å². The zero-order valence-corrected chi connectivity index (χ0v) is 27.1. The van der Waals surface area contributed by atoms with Gasteiger partial charge < -0.3 is 20.0 Å². The van der Waals surface area contributed by atoms with Gasteiger partial charge in [-0.2, -0.15) is 0 Å². The first-order chi connectivity index (χ1) is 20.7. The fraction of sp³-hybridized carbons (Fsp3) is 0.944. The first kappa shape index (κ1) is 30.5. The number of aliphatic hydroxyl groups excluding tert-OH is 2. The third-order valence-corrected chi connectivity index (χ3v) is 14.8. The predicted octanol–water partition coefficient (Wildman–Crippen LogP) is 4.84. The number of aliphatic hydroxyl groups is 2. The van der Waals surface area contributed by atoms with Crippen LogP contribution in [0.15, 0.2) is 0 Å². The van der Waals surface area contributed by atoms with E-state index in [0.29, 0.717) is 43.2 Å². The fourth-order valence-corrected chi connectivity index (χ4v) is 12.2. The van der Waals surface area contributed by atoms with E-state index in [0.717, 1.165) is 76.9 Å². The minimum atomic E-state index is -0.290. The van der Waals surface area contributed by atoms with E-state index >= 15 is 0 Å². The van der Waals surface area contributed by atoms with E-state index in [1.807, 2.05) is 9.80 Å². The van der Waals surface area contributed by atoms with Gasteiger partial charge in [0, 0.05) is 45.2 Å². The standard InChI is InChI=1S/C36H59N3O4/c1-35-15-14-28-26(27(35)12-13-32(35)41)11-10-25-22-31(40)30(23-36(25,28)2)37-17-19-38(20-18-37)34(43)29-9-6-16-39(29)33(42)21-24-7-4-3-5-8-24/h24-32,40-41H,3-23H2,1-2H3/t25-,26-,27-,28-,29-,30-,31-,32-,35-,36-/m0/s1. The lowest BCUT2D eigenvalue weighted by Gasteiger charge is -2.62. The highest BCUT2D eigenvalue weighted by Crippen LogP contribution is 2.66. The number of rotatable bonds is 4. The zero-order valence-electron chi connectivity index (χ0n) is 27.1. The normalized spacial score (nSPS) is 45.9. The number of hydrogen-bond acceptors (Lipinski definition) is 5. The summed E-state index contributed by atoms with van der Waals surface area (Å²) in [6.45, 7) is 8.69. The molecule has 242 valence electrons. The number of piperazine rings is 1. The third-order valence-electron chi connectivity index (χ3n) is 14.8. The second kappa shape index (κ2) is 11.9. The number of nitrogens with zero attached hydrogens (tertiary/aromatic N) is 3. The maximum atomic E-state index is 13.7. The van der Waals surface area contributed by atoms with Gasteiger partial charge in [-0.25, -0.2) is 0 Å². The lowest BCUT2D eigenvalue weighted by molar-refractivity contribution is -0.158. The number of amides is 2. The Kier molecular flexibility index (Phi) is 8.42. The Morgan fingerprint density at radius 1 is 0.767 bits per heavy atom. The smallest absolute Gasteiger partial charge is 0.245 e. The average molecular weight is 598 g/mol. The Morgan fingerprint density at radius 2 is 1.51 bits per heavy atom. The Morgan fingerprint density at radius 3 is 2.28 bits per heavy atom. The molecular weight excluding hydrogens is 538 g/mol. The van der Waals surface area contributed by atoms with Crippen molar-refractivity contribution < 1.29 is 19.8 Å². The molecule has 0 bridgehead atoms. The number of likely N-dealkylation sites (tertiary alicyclic amines) is 1. The molecule has 0 aromatic heterocycles. The molecule has 7 fully saturated rings. The highest BCUT2D eigenvalue weighted by atomic mass is 16.3. The van der Waals surface area contributed by atoms with Crippen molar-refractivity contribution in [1.29, 1.82) is 0 Å². The summed E-state index contributed by atoms with van der Waals surface area (Å²) in [5.41, 5.74) is 0.355. The minimum absolute atomic E-state index is 0.107. The lowest BCUT2D eigenvalue weighted by atomic mass is 9.44. The highest BCUT2D eigenvalue weighted by molar-refractivity contribution is 5.88. The van der Waals surface area contributed by atoms with Crippen LogP contribution in [0.25, 0.3) is 0 Å². The molecule has 5 saturated carbocycles. The first-order valence-corrected chi connectivity index (χ1v) is 18.4. The van der Waals surface area contributed by atoms with Gasteiger partial charge in [-0.05, 0) is 117 Å². The van der Waals surface area contributed by atoms with Crippen LogP contribution in [0.4, 0.5) is 0 Å². The van der Waals surface area contributed by atoms with E-state index in [1.54, 1.807) is 0 Å². The number of carbonyl (C=O) groups excluding carboxylic acids is 2. The summed E-state index contributed by atoms with van der Waals surface area (Å²) < 4.78 is 0. The van der Waals surface area contributed by atoms with Gasteiger partial charge in [0.25, 0.3) is 0 Å². The maximum Gasteiger partial charge on any atom is 0.245 e. The molecule has 7 rings (SSSR count). The van der Waals surface area contributed by atoms with Crippen LogP contribution in [0, 0.1) is 40.4 Å². The molecule has 0 radical (unpaired) electrons. The molecule has 0 aromatic carbocycles. The van der Waals surface area contributed by atoms with Gasteiger partial charge in [0.15, 0.2) is 0 Å². The molecule has 5 aliphatic carbocycles. The molecule has 0 unspecified atom stereocenters. The second-order valence-electron chi connectivity index (χ2n) is 16.7. The van der Waals surface area contributed by atoms with E-state index in [-0.39, 0.29) is 46.9 Å². The van der Waals surface area contributed by atoms with Crippen molar-refractivity contribution in [2.75, 3.05) is 32.7 Å². The fourth-order valence-electron chi connectivity index (χ4n) is 12.2. The van der Waals surface area contributed by atoms with Crippen molar-refractivity contribution in [3.05, 3.63) is 0 Å². The quantitative estimate of drug-likeness (QED) is 0.485. The van der Waals surface area contributed by atoms with Crippen molar-refractivity contribution in [3.63, 3.8) is 0 Å². The summed E-state index contributed by atoms with van der Waals surface area (Å²) in [6.07, 6.45) is 17.1. The van der Waals surface area contributed by atoms with Gasteiger partial charge in [0.05, 0.1) is 12.2 Å². The maximum absolute atomic E-state index is 13.7. The Labute approximate surface area is 260 Å². The van der Waals surface area contributed by atoms with Gasteiger partial charge in [-0.1, -0.05) is 33.1 Å². The summed E-state index contributed by atoms with van der Waals surface area (Å²) >= 11 is 0. The largest absolute Gasteiger partial charge is 0.393 e. The van der Waals surface area contributed by atoms with Gasteiger partial charge >= 0.3 is 0 Å². The van der Waals surface area contributed by atoms with Crippen LogP contribution in [0.5, 0.6) is 0 Å². The molecule has 7 heteroatoms. The van der Waals surface area contributed by atoms with Crippen molar-refractivity contribution in [2.24, 2.45) is 40.4 Å². The zero-order chi connectivity index (χ0) is 29.9.